The molecule has 3 rings (SSSR count). The zero-order chi connectivity index (χ0) is 17.1. The van der Waals surface area contributed by atoms with Crippen molar-refractivity contribution in [2.75, 3.05) is 6.61 Å². The number of ether oxygens (including phenoxy) is 2. The van der Waals surface area contributed by atoms with Gasteiger partial charge in [0, 0.05) is 11.5 Å². The number of rotatable bonds is 4. The van der Waals surface area contributed by atoms with Crippen molar-refractivity contribution in [3.05, 3.63) is 68.1 Å². The van der Waals surface area contributed by atoms with E-state index < -0.39 is 11.6 Å². The SMILES string of the molecule is Cc1cc(=O)oc2c(I)c(OC(=O)COc3ccccc3)ccc12. The van der Waals surface area contributed by atoms with Gasteiger partial charge < -0.3 is 13.9 Å². The van der Waals surface area contributed by atoms with E-state index in [1.165, 1.54) is 6.07 Å². The number of esters is 1. The smallest absolute Gasteiger partial charge is 0.349 e. The van der Waals surface area contributed by atoms with E-state index >= 15 is 0 Å². The summed E-state index contributed by atoms with van der Waals surface area (Å²) < 4.78 is 16.5. The Kier molecular flexibility index (Phi) is 4.84. The highest BCUT2D eigenvalue weighted by Crippen LogP contribution is 2.30. The van der Waals surface area contributed by atoms with Crippen molar-refractivity contribution in [2.24, 2.45) is 0 Å². The van der Waals surface area contributed by atoms with Gasteiger partial charge in [0.1, 0.15) is 11.5 Å². The molecule has 0 aliphatic carbocycles. The van der Waals surface area contributed by atoms with Crippen LogP contribution in [-0.4, -0.2) is 12.6 Å². The molecule has 0 N–H and O–H groups in total. The Labute approximate surface area is 151 Å². The second-order valence-electron chi connectivity index (χ2n) is 5.08. The third-order valence-corrected chi connectivity index (χ3v) is 4.37. The van der Waals surface area contributed by atoms with E-state index in [-0.39, 0.29) is 6.61 Å². The highest BCUT2D eigenvalue weighted by molar-refractivity contribution is 14.1. The summed E-state index contributed by atoms with van der Waals surface area (Å²) in [7, 11) is 0. The van der Waals surface area contributed by atoms with Crippen LogP contribution in [0.1, 0.15) is 5.56 Å². The second-order valence-corrected chi connectivity index (χ2v) is 6.16. The van der Waals surface area contributed by atoms with E-state index in [0.29, 0.717) is 20.7 Å². The van der Waals surface area contributed by atoms with Crippen LogP contribution in [0.15, 0.2) is 57.7 Å². The predicted molar refractivity (Wildman–Crippen MR) is 97.5 cm³/mol. The van der Waals surface area contributed by atoms with E-state index in [0.717, 1.165) is 10.9 Å². The lowest BCUT2D eigenvalue weighted by Crippen LogP contribution is -2.18. The number of benzene rings is 2. The topological polar surface area (TPSA) is 65.7 Å². The van der Waals surface area contributed by atoms with Gasteiger partial charge in [0.05, 0.1) is 3.57 Å². The van der Waals surface area contributed by atoms with Crippen LogP contribution in [0.3, 0.4) is 0 Å². The van der Waals surface area contributed by atoms with Gasteiger partial charge in [0.25, 0.3) is 0 Å². The highest BCUT2D eigenvalue weighted by atomic mass is 127. The zero-order valence-corrected chi connectivity index (χ0v) is 14.9. The molecule has 1 heterocycles. The first-order chi connectivity index (χ1) is 11.5. The summed E-state index contributed by atoms with van der Waals surface area (Å²) in [5.41, 5.74) is 0.785. The van der Waals surface area contributed by atoms with Crippen molar-refractivity contribution in [1.82, 2.24) is 0 Å². The van der Waals surface area contributed by atoms with Crippen LogP contribution in [0.2, 0.25) is 0 Å². The van der Waals surface area contributed by atoms with Crippen molar-refractivity contribution >= 4 is 39.5 Å². The van der Waals surface area contributed by atoms with E-state index in [2.05, 4.69) is 0 Å². The molecule has 0 bridgehead atoms. The summed E-state index contributed by atoms with van der Waals surface area (Å²) in [6.07, 6.45) is 0. The molecule has 24 heavy (non-hydrogen) atoms. The Balaban J connectivity index is 1.79. The first kappa shape index (κ1) is 16.5. The molecule has 0 amide bonds. The van der Waals surface area contributed by atoms with Gasteiger partial charge in [-0.05, 0) is 59.3 Å². The number of aryl methyl sites for hydroxylation is 1. The highest BCUT2D eigenvalue weighted by Gasteiger charge is 2.14. The second kappa shape index (κ2) is 7.04. The standard InChI is InChI=1S/C18H13IO5/c1-11-9-15(20)24-18-13(11)7-8-14(17(18)19)23-16(21)10-22-12-5-3-2-4-6-12/h2-9H,10H2,1H3. The molecule has 1 aromatic heterocycles. The first-order valence-corrected chi connectivity index (χ1v) is 8.24. The van der Waals surface area contributed by atoms with Crippen LogP contribution in [-0.2, 0) is 4.79 Å². The van der Waals surface area contributed by atoms with Gasteiger partial charge in [-0.25, -0.2) is 9.59 Å². The molecule has 0 radical (unpaired) electrons. The Morgan fingerprint density at radius 1 is 1.17 bits per heavy atom. The van der Waals surface area contributed by atoms with Crippen molar-refractivity contribution in [3.63, 3.8) is 0 Å². The fraction of sp³-hybridized carbons (Fsp3) is 0.111. The van der Waals surface area contributed by atoms with E-state index in [1.54, 1.807) is 24.3 Å². The van der Waals surface area contributed by atoms with Crippen LogP contribution in [0.4, 0.5) is 0 Å². The third-order valence-electron chi connectivity index (χ3n) is 3.35. The lowest BCUT2D eigenvalue weighted by atomic mass is 10.1. The molecule has 2 aromatic carbocycles. The first-order valence-electron chi connectivity index (χ1n) is 7.16. The largest absolute Gasteiger partial charge is 0.482 e. The molecule has 0 atom stereocenters. The molecule has 0 aliphatic heterocycles. The van der Waals surface area contributed by atoms with Crippen LogP contribution in [0.25, 0.3) is 11.0 Å². The van der Waals surface area contributed by atoms with Gasteiger partial charge >= 0.3 is 11.6 Å². The number of fused-ring (bicyclic) bond motifs is 1. The Hall–Kier alpha value is -2.35. The normalized spacial score (nSPS) is 10.6. The van der Waals surface area contributed by atoms with E-state index in [9.17, 15) is 9.59 Å². The molecule has 0 aliphatic rings. The number of carbonyl (C=O) groups is 1. The Morgan fingerprint density at radius 2 is 1.92 bits per heavy atom. The minimum atomic E-state index is -0.536. The zero-order valence-electron chi connectivity index (χ0n) is 12.7. The number of hydrogen-bond acceptors (Lipinski definition) is 5. The van der Waals surface area contributed by atoms with Crippen LogP contribution in [0.5, 0.6) is 11.5 Å². The van der Waals surface area contributed by atoms with Crippen molar-refractivity contribution in [3.8, 4) is 11.5 Å². The van der Waals surface area contributed by atoms with E-state index in [4.69, 9.17) is 13.9 Å². The number of hydrogen-bond donors (Lipinski definition) is 0. The molecule has 0 unspecified atom stereocenters. The van der Waals surface area contributed by atoms with Gasteiger partial charge in [0.15, 0.2) is 12.2 Å². The average Bonchev–Trinajstić information content (AvgIpc) is 2.57. The quantitative estimate of drug-likeness (QED) is 0.270. The molecule has 122 valence electrons. The van der Waals surface area contributed by atoms with Gasteiger partial charge in [-0.2, -0.15) is 0 Å². The Bertz CT molecular complexity index is 947. The summed E-state index contributed by atoms with van der Waals surface area (Å²) in [6.45, 7) is 1.62. The Morgan fingerprint density at radius 3 is 2.67 bits per heavy atom. The number of carbonyl (C=O) groups excluding carboxylic acids is 1. The van der Waals surface area contributed by atoms with Crippen LogP contribution in [0, 0.1) is 10.5 Å². The summed E-state index contributed by atoms with van der Waals surface area (Å²) in [6, 6.07) is 13.9. The van der Waals surface area contributed by atoms with Gasteiger partial charge in [0.2, 0.25) is 0 Å². The summed E-state index contributed by atoms with van der Waals surface area (Å²) in [5.74, 6) is 0.383. The molecule has 0 fully saturated rings. The molecule has 5 nitrogen and oxygen atoms in total. The lowest BCUT2D eigenvalue weighted by molar-refractivity contribution is -0.136. The maximum absolute atomic E-state index is 12.0. The third kappa shape index (κ3) is 3.59. The summed E-state index contributed by atoms with van der Waals surface area (Å²) in [4.78, 5) is 23.5. The summed E-state index contributed by atoms with van der Waals surface area (Å²) in [5, 5.41) is 0.805. The van der Waals surface area contributed by atoms with Crippen molar-refractivity contribution in [1.29, 1.82) is 0 Å². The fourth-order valence-corrected chi connectivity index (χ4v) is 2.91. The number of halogens is 1. The predicted octanol–water partition coefficient (Wildman–Crippen LogP) is 3.69. The summed E-state index contributed by atoms with van der Waals surface area (Å²) >= 11 is 1.99. The lowest BCUT2D eigenvalue weighted by Gasteiger charge is -2.10. The maximum atomic E-state index is 12.0. The fourth-order valence-electron chi connectivity index (χ4n) is 2.22. The molecule has 6 heteroatoms. The molecular weight excluding hydrogens is 423 g/mol. The monoisotopic (exact) mass is 436 g/mol. The van der Waals surface area contributed by atoms with Crippen molar-refractivity contribution in [2.45, 2.75) is 6.92 Å². The van der Waals surface area contributed by atoms with Gasteiger partial charge in [-0.15, -0.1) is 0 Å². The van der Waals surface area contributed by atoms with Crippen LogP contribution >= 0.6 is 22.6 Å². The molecule has 0 saturated carbocycles. The van der Waals surface area contributed by atoms with Crippen LogP contribution < -0.4 is 15.1 Å². The van der Waals surface area contributed by atoms with Gasteiger partial charge in [-0.1, -0.05) is 18.2 Å². The minimum Gasteiger partial charge on any atom is -0.482 e. The average molecular weight is 436 g/mol. The van der Waals surface area contributed by atoms with Crippen molar-refractivity contribution < 1.29 is 18.7 Å². The molecule has 0 saturated heterocycles. The molecule has 0 spiro atoms. The van der Waals surface area contributed by atoms with Gasteiger partial charge in [-0.3, -0.25) is 0 Å². The van der Waals surface area contributed by atoms with E-state index in [1.807, 2.05) is 47.7 Å². The maximum Gasteiger partial charge on any atom is 0.349 e. The minimum absolute atomic E-state index is 0.212. The number of para-hydroxylation sites is 1. The molecular formula is C18H13IO5. The molecule has 3 aromatic rings.